The van der Waals surface area contributed by atoms with Gasteiger partial charge < -0.3 is 15.4 Å². The van der Waals surface area contributed by atoms with Gasteiger partial charge in [-0.25, -0.2) is 8.78 Å². The smallest absolute Gasteiger partial charge is 0.266 e. The van der Waals surface area contributed by atoms with Gasteiger partial charge in [-0.1, -0.05) is 6.07 Å². The van der Waals surface area contributed by atoms with Crippen molar-refractivity contribution >= 4 is 44.6 Å². The molecule has 4 rings (SSSR count). The van der Waals surface area contributed by atoms with E-state index in [2.05, 4.69) is 15.5 Å². The topological polar surface area (TPSA) is 70.7 Å². The third kappa shape index (κ3) is 4.95. The van der Waals surface area contributed by atoms with Gasteiger partial charge in [0.05, 0.1) is 23.8 Å². The molecule has 0 atom stereocenters. The predicted octanol–water partition coefficient (Wildman–Crippen LogP) is 4.40. The minimum absolute atomic E-state index is 0.00566. The summed E-state index contributed by atoms with van der Waals surface area (Å²) in [4.78, 5) is 27.6. The highest BCUT2D eigenvalue weighted by Crippen LogP contribution is 2.33. The number of thiophene rings is 1. The van der Waals surface area contributed by atoms with Gasteiger partial charge in [-0.3, -0.25) is 14.5 Å². The van der Waals surface area contributed by atoms with Crippen LogP contribution in [0.25, 0.3) is 10.1 Å². The first-order valence-corrected chi connectivity index (χ1v) is 11.1. The van der Waals surface area contributed by atoms with Gasteiger partial charge in [0.1, 0.15) is 11.6 Å². The monoisotopic (exact) mass is 459 g/mol. The molecule has 2 amide bonds. The number of ether oxygens (including phenoxy) is 1. The van der Waals surface area contributed by atoms with E-state index < -0.39 is 11.7 Å². The Morgan fingerprint density at radius 2 is 1.88 bits per heavy atom. The van der Waals surface area contributed by atoms with Gasteiger partial charge in [0.15, 0.2) is 0 Å². The van der Waals surface area contributed by atoms with Crippen molar-refractivity contribution in [1.29, 1.82) is 0 Å². The van der Waals surface area contributed by atoms with E-state index in [0.29, 0.717) is 46.0 Å². The molecule has 168 valence electrons. The number of carbonyl (C=O) groups is 2. The van der Waals surface area contributed by atoms with Gasteiger partial charge in [0.25, 0.3) is 5.91 Å². The largest absolute Gasteiger partial charge is 0.379 e. The average Bonchev–Trinajstić information content (AvgIpc) is 3.13. The summed E-state index contributed by atoms with van der Waals surface area (Å²) in [6.07, 6.45) is 0.225. The fourth-order valence-corrected chi connectivity index (χ4v) is 4.77. The Kier molecular flexibility index (Phi) is 6.78. The fraction of sp³-hybridized carbons (Fsp3) is 0.304. The highest BCUT2D eigenvalue weighted by atomic mass is 32.1. The summed E-state index contributed by atoms with van der Waals surface area (Å²) in [7, 11) is 0. The SMILES string of the molecule is Cc1c(C(=O)Nc2ccc(F)c(NC(=O)CCN3CCOCC3)c2)sc2cccc(F)c12. The van der Waals surface area contributed by atoms with Crippen LogP contribution >= 0.6 is 11.3 Å². The molecular weight excluding hydrogens is 436 g/mol. The zero-order valence-electron chi connectivity index (χ0n) is 17.5. The van der Waals surface area contributed by atoms with Crippen LogP contribution in [-0.4, -0.2) is 49.6 Å². The molecule has 1 aromatic heterocycles. The molecule has 0 radical (unpaired) electrons. The van der Waals surface area contributed by atoms with Gasteiger partial charge >= 0.3 is 0 Å². The number of benzene rings is 2. The lowest BCUT2D eigenvalue weighted by molar-refractivity contribution is -0.116. The Labute approximate surface area is 188 Å². The summed E-state index contributed by atoms with van der Waals surface area (Å²) < 4.78 is 34.3. The van der Waals surface area contributed by atoms with Crippen LogP contribution in [0.15, 0.2) is 36.4 Å². The number of amides is 2. The van der Waals surface area contributed by atoms with E-state index in [0.717, 1.165) is 13.1 Å². The van der Waals surface area contributed by atoms with Gasteiger partial charge in [-0.05, 0) is 42.8 Å². The molecular formula is C23H23F2N3O3S. The second-order valence-electron chi connectivity index (χ2n) is 7.57. The Balaban J connectivity index is 1.43. The molecule has 1 aliphatic rings. The summed E-state index contributed by atoms with van der Waals surface area (Å²) in [5.74, 6) is -1.70. The number of morpholine rings is 1. The van der Waals surface area contributed by atoms with Crippen LogP contribution in [-0.2, 0) is 9.53 Å². The van der Waals surface area contributed by atoms with Crippen LogP contribution < -0.4 is 10.6 Å². The molecule has 1 fully saturated rings. The van der Waals surface area contributed by atoms with Crippen molar-refractivity contribution in [2.45, 2.75) is 13.3 Å². The molecule has 32 heavy (non-hydrogen) atoms. The molecule has 6 nitrogen and oxygen atoms in total. The molecule has 1 aliphatic heterocycles. The highest BCUT2D eigenvalue weighted by molar-refractivity contribution is 7.21. The van der Waals surface area contributed by atoms with Crippen molar-refractivity contribution in [2.75, 3.05) is 43.5 Å². The van der Waals surface area contributed by atoms with Gasteiger partial charge in [0.2, 0.25) is 5.91 Å². The molecule has 0 unspecified atom stereocenters. The van der Waals surface area contributed by atoms with Crippen molar-refractivity contribution < 1.29 is 23.1 Å². The molecule has 0 saturated carbocycles. The number of hydrogen-bond donors (Lipinski definition) is 2. The Hall–Kier alpha value is -2.88. The first-order chi connectivity index (χ1) is 15.4. The van der Waals surface area contributed by atoms with Crippen LogP contribution in [0.4, 0.5) is 20.2 Å². The highest BCUT2D eigenvalue weighted by Gasteiger charge is 2.19. The number of hydrogen-bond acceptors (Lipinski definition) is 5. The zero-order valence-corrected chi connectivity index (χ0v) is 18.4. The van der Waals surface area contributed by atoms with Crippen LogP contribution in [0.3, 0.4) is 0 Å². The Morgan fingerprint density at radius 1 is 1.09 bits per heavy atom. The summed E-state index contributed by atoms with van der Waals surface area (Å²) in [6.45, 7) is 5.08. The van der Waals surface area contributed by atoms with Crippen LogP contribution in [0.1, 0.15) is 21.7 Å². The van der Waals surface area contributed by atoms with Gasteiger partial charge in [-0.2, -0.15) is 0 Å². The van der Waals surface area contributed by atoms with E-state index in [9.17, 15) is 18.4 Å². The number of aryl methyl sites for hydroxylation is 1. The Morgan fingerprint density at radius 3 is 2.62 bits per heavy atom. The Bertz CT molecular complexity index is 1160. The summed E-state index contributed by atoms with van der Waals surface area (Å²) in [6, 6.07) is 8.70. The number of anilines is 2. The van der Waals surface area contributed by atoms with Crippen molar-refractivity contribution in [3.8, 4) is 0 Å². The average molecular weight is 460 g/mol. The number of fused-ring (bicyclic) bond motifs is 1. The van der Waals surface area contributed by atoms with Gasteiger partial charge in [-0.15, -0.1) is 11.3 Å². The number of carbonyl (C=O) groups excluding carboxylic acids is 2. The van der Waals surface area contributed by atoms with Crippen LogP contribution in [0.5, 0.6) is 0 Å². The van der Waals surface area contributed by atoms with E-state index in [4.69, 9.17) is 4.74 Å². The molecule has 2 N–H and O–H groups in total. The van der Waals surface area contributed by atoms with Crippen LogP contribution in [0, 0.1) is 18.6 Å². The van der Waals surface area contributed by atoms with Crippen molar-refractivity contribution in [3.05, 3.63) is 58.5 Å². The maximum absolute atomic E-state index is 14.2. The fourth-order valence-electron chi connectivity index (χ4n) is 3.65. The van der Waals surface area contributed by atoms with Crippen molar-refractivity contribution in [3.63, 3.8) is 0 Å². The second-order valence-corrected chi connectivity index (χ2v) is 8.62. The molecule has 0 bridgehead atoms. The van der Waals surface area contributed by atoms with Crippen LogP contribution in [0.2, 0.25) is 0 Å². The molecule has 0 aliphatic carbocycles. The number of halogens is 2. The predicted molar refractivity (Wildman–Crippen MR) is 121 cm³/mol. The van der Waals surface area contributed by atoms with E-state index in [1.54, 1.807) is 19.1 Å². The first kappa shape index (κ1) is 22.3. The zero-order chi connectivity index (χ0) is 22.7. The second kappa shape index (κ2) is 9.72. The molecule has 3 aromatic rings. The number of rotatable bonds is 6. The van der Waals surface area contributed by atoms with Gasteiger partial charge in [0, 0.05) is 41.8 Å². The molecule has 2 aromatic carbocycles. The summed E-state index contributed by atoms with van der Waals surface area (Å²) in [5.41, 5.74) is 0.880. The van der Waals surface area contributed by atoms with Crippen molar-refractivity contribution in [2.24, 2.45) is 0 Å². The normalized spacial score (nSPS) is 14.5. The minimum atomic E-state index is -0.595. The maximum atomic E-state index is 14.2. The third-order valence-corrected chi connectivity index (χ3v) is 6.62. The number of nitrogens with one attached hydrogen (secondary N) is 2. The van der Waals surface area contributed by atoms with E-state index >= 15 is 0 Å². The maximum Gasteiger partial charge on any atom is 0.266 e. The minimum Gasteiger partial charge on any atom is -0.379 e. The van der Waals surface area contributed by atoms with E-state index in [1.807, 2.05) is 0 Å². The van der Waals surface area contributed by atoms with E-state index in [1.165, 1.54) is 35.6 Å². The first-order valence-electron chi connectivity index (χ1n) is 10.3. The third-order valence-electron chi connectivity index (χ3n) is 5.37. The van der Waals surface area contributed by atoms with E-state index in [-0.39, 0.29) is 23.8 Å². The molecule has 0 spiro atoms. The lowest BCUT2D eigenvalue weighted by Crippen LogP contribution is -2.38. The molecule has 2 heterocycles. The molecule has 1 saturated heterocycles. The quantitative estimate of drug-likeness (QED) is 0.573. The standard InChI is InChI=1S/C23H23F2N3O3S/c1-14-21-17(25)3-2-4-19(21)32-22(14)23(30)26-15-5-6-16(24)18(13-15)27-20(29)7-8-28-9-11-31-12-10-28/h2-6,13H,7-12H2,1H3,(H,26,30)(H,27,29). The molecule has 9 heteroatoms. The van der Waals surface area contributed by atoms with Crippen molar-refractivity contribution in [1.82, 2.24) is 4.90 Å². The summed E-state index contributed by atoms with van der Waals surface area (Å²) in [5, 5.41) is 5.71. The lowest BCUT2D eigenvalue weighted by Gasteiger charge is -2.26. The lowest BCUT2D eigenvalue weighted by atomic mass is 10.1. The summed E-state index contributed by atoms with van der Waals surface area (Å²) >= 11 is 1.19. The number of nitrogens with zero attached hydrogens (tertiary/aromatic N) is 1.